The summed E-state index contributed by atoms with van der Waals surface area (Å²) in [5.41, 5.74) is 0.650. The zero-order valence-corrected chi connectivity index (χ0v) is 16.5. The van der Waals surface area contributed by atoms with Crippen LogP contribution in [-0.4, -0.2) is 0 Å². The van der Waals surface area contributed by atoms with Crippen LogP contribution in [0.1, 0.15) is 0 Å². The van der Waals surface area contributed by atoms with Gasteiger partial charge in [0, 0.05) is 0 Å². The van der Waals surface area contributed by atoms with E-state index in [4.69, 9.17) is 8.83 Å². The quantitative estimate of drug-likeness (QED) is 0.188. The molecule has 0 bridgehead atoms. The number of fused-ring (bicyclic) bond motifs is 3. The molecule has 0 saturated heterocycles. The molecule has 4 nitrogen and oxygen atoms in total. The molecule has 0 saturated carbocycles. The van der Waals surface area contributed by atoms with Crippen molar-refractivity contribution in [2.45, 2.75) is 0 Å². The van der Waals surface area contributed by atoms with Crippen LogP contribution < -0.4 is 11.1 Å². The van der Waals surface area contributed by atoms with Gasteiger partial charge in [0.25, 0.3) is 0 Å². The molecular formula is C22H12FIO4. The summed E-state index contributed by atoms with van der Waals surface area (Å²) in [6.07, 6.45) is 0. The van der Waals surface area contributed by atoms with Crippen LogP contribution in [0.4, 0.5) is 2.86 Å². The van der Waals surface area contributed by atoms with Crippen LogP contribution >= 0.6 is 20.4 Å². The van der Waals surface area contributed by atoms with Gasteiger partial charge in [0.15, 0.2) is 0 Å². The summed E-state index contributed by atoms with van der Waals surface area (Å²) in [4.78, 5) is 24.2. The van der Waals surface area contributed by atoms with Crippen LogP contribution in [-0.2, 0) is 0 Å². The molecule has 5 aromatic rings. The van der Waals surface area contributed by atoms with Crippen molar-refractivity contribution >= 4 is 53.3 Å². The molecule has 0 spiro atoms. The minimum absolute atomic E-state index is 0.174. The fourth-order valence-electron chi connectivity index (χ4n) is 3.14. The molecule has 0 aliphatic carbocycles. The Kier molecular flexibility index (Phi) is 4.01. The Balaban J connectivity index is 1.66. The molecule has 5 rings (SSSR count). The van der Waals surface area contributed by atoms with Crippen LogP contribution in [0.15, 0.2) is 91.2 Å². The second kappa shape index (κ2) is 6.56. The maximum atomic E-state index is 15.4. The number of halogens is 2. The van der Waals surface area contributed by atoms with Crippen LogP contribution in [0.5, 0.6) is 0 Å². The van der Waals surface area contributed by atoms with E-state index in [-0.39, 0.29) is 5.43 Å². The monoisotopic (exact) mass is 486 g/mol. The molecule has 0 amide bonds. The Hall–Kier alpha value is -3.00. The van der Waals surface area contributed by atoms with E-state index < -0.39 is 26.0 Å². The maximum absolute atomic E-state index is 15.4. The zero-order valence-electron chi connectivity index (χ0n) is 14.3. The van der Waals surface area contributed by atoms with E-state index in [1.165, 1.54) is 6.07 Å². The first kappa shape index (κ1) is 17.1. The predicted molar refractivity (Wildman–Crippen MR) is 115 cm³/mol. The van der Waals surface area contributed by atoms with Crippen molar-refractivity contribution < 1.29 is 11.7 Å². The van der Waals surface area contributed by atoms with Crippen LogP contribution in [0.3, 0.4) is 0 Å². The van der Waals surface area contributed by atoms with Crippen molar-refractivity contribution in [1.29, 1.82) is 0 Å². The van der Waals surface area contributed by atoms with E-state index in [1.807, 2.05) is 0 Å². The van der Waals surface area contributed by atoms with Crippen LogP contribution in [0.2, 0.25) is 0 Å². The third-order valence-electron chi connectivity index (χ3n) is 4.51. The predicted octanol–water partition coefficient (Wildman–Crippen LogP) is 5.48. The fraction of sp³-hybridized carbons (Fsp3) is 0. The van der Waals surface area contributed by atoms with Gasteiger partial charge in [-0.1, -0.05) is 0 Å². The molecule has 6 heteroatoms. The summed E-state index contributed by atoms with van der Waals surface area (Å²) in [5.74, 6) is 0. The molecule has 28 heavy (non-hydrogen) atoms. The number of para-hydroxylation sites is 1. The molecular weight excluding hydrogens is 474 g/mol. The average molecular weight is 486 g/mol. The van der Waals surface area contributed by atoms with Gasteiger partial charge in [-0.3, -0.25) is 0 Å². The summed E-state index contributed by atoms with van der Waals surface area (Å²) in [6.45, 7) is 0. The van der Waals surface area contributed by atoms with Crippen molar-refractivity contribution in [2.75, 3.05) is 0 Å². The Bertz CT molecular complexity index is 1490. The summed E-state index contributed by atoms with van der Waals surface area (Å²) >= 11 is -3.28. The van der Waals surface area contributed by atoms with E-state index in [0.717, 1.165) is 5.39 Å². The van der Waals surface area contributed by atoms with Gasteiger partial charge in [-0.25, -0.2) is 0 Å². The molecule has 0 aliphatic rings. The summed E-state index contributed by atoms with van der Waals surface area (Å²) < 4.78 is 27.3. The molecule has 0 unspecified atom stereocenters. The topological polar surface area (TPSA) is 60.4 Å². The number of benzene rings is 3. The van der Waals surface area contributed by atoms with E-state index in [0.29, 0.717) is 34.7 Å². The van der Waals surface area contributed by atoms with Gasteiger partial charge in [0.1, 0.15) is 0 Å². The normalized spacial score (nSPS) is 12.0. The third-order valence-corrected chi connectivity index (χ3v) is 8.04. The fourth-order valence-corrected chi connectivity index (χ4v) is 5.99. The Labute approximate surface area is 165 Å². The van der Waals surface area contributed by atoms with E-state index in [2.05, 4.69) is 0 Å². The van der Waals surface area contributed by atoms with Crippen molar-refractivity contribution in [3.8, 4) is 0 Å². The summed E-state index contributed by atoms with van der Waals surface area (Å²) in [7, 11) is 0. The summed E-state index contributed by atoms with van der Waals surface area (Å²) in [6, 6.07) is 19.9. The second-order valence-electron chi connectivity index (χ2n) is 6.24. The molecule has 0 N–H and O–H groups in total. The van der Waals surface area contributed by atoms with Gasteiger partial charge in [0.2, 0.25) is 0 Å². The number of rotatable bonds is 2. The Morgan fingerprint density at radius 2 is 1.39 bits per heavy atom. The van der Waals surface area contributed by atoms with Gasteiger partial charge >= 0.3 is 166 Å². The first-order valence-corrected chi connectivity index (χ1v) is 11.4. The average Bonchev–Trinajstić information content (AvgIpc) is 2.72. The van der Waals surface area contributed by atoms with Gasteiger partial charge in [-0.05, 0) is 0 Å². The van der Waals surface area contributed by atoms with Gasteiger partial charge in [-0.15, -0.1) is 0 Å². The third kappa shape index (κ3) is 2.80. The standard InChI is InChI=1S/C22H12FIO4/c23-24(15-7-5-13-6-10-21(25)28-20(13)12-15)14-8-9-19-17(11-14)22(26)16-3-1-2-4-18(16)27-19/h1-12H. The van der Waals surface area contributed by atoms with Gasteiger partial charge in [-0.2, -0.15) is 0 Å². The molecule has 3 aromatic carbocycles. The second-order valence-corrected chi connectivity index (χ2v) is 10.1. The molecule has 2 heterocycles. The molecule has 0 atom stereocenters. The minimum atomic E-state index is -3.28. The first-order chi connectivity index (χ1) is 13.6. The first-order valence-electron chi connectivity index (χ1n) is 8.46. The Morgan fingerprint density at radius 3 is 2.29 bits per heavy atom. The molecule has 138 valence electrons. The van der Waals surface area contributed by atoms with Gasteiger partial charge in [0.05, 0.1) is 0 Å². The zero-order chi connectivity index (χ0) is 19.3. The van der Waals surface area contributed by atoms with Gasteiger partial charge < -0.3 is 0 Å². The van der Waals surface area contributed by atoms with E-state index in [1.54, 1.807) is 66.7 Å². The molecule has 0 radical (unpaired) electrons. The summed E-state index contributed by atoms with van der Waals surface area (Å²) in [5, 5.41) is 1.57. The van der Waals surface area contributed by atoms with Crippen LogP contribution in [0.25, 0.3) is 32.9 Å². The molecule has 2 aromatic heterocycles. The van der Waals surface area contributed by atoms with E-state index in [9.17, 15) is 9.59 Å². The van der Waals surface area contributed by atoms with E-state index >= 15 is 2.86 Å². The molecule has 0 fully saturated rings. The number of hydrogen-bond donors (Lipinski definition) is 0. The SMILES string of the molecule is O=c1ccc2ccc(I(F)c3ccc4oc5ccccc5c(=O)c4c3)cc2o1. The number of hydrogen-bond acceptors (Lipinski definition) is 4. The van der Waals surface area contributed by atoms with Crippen molar-refractivity contribution in [1.82, 2.24) is 0 Å². The van der Waals surface area contributed by atoms with Crippen LogP contribution in [0, 0.1) is 7.14 Å². The van der Waals surface area contributed by atoms with Crippen molar-refractivity contribution in [2.24, 2.45) is 0 Å². The van der Waals surface area contributed by atoms with Crippen molar-refractivity contribution in [3.63, 3.8) is 0 Å². The Morgan fingerprint density at radius 1 is 0.679 bits per heavy atom. The van der Waals surface area contributed by atoms with Crippen molar-refractivity contribution in [3.05, 3.63) is 101 Å². The molecule has 0 aliphatic heterocycles.